The number of unbranched alkanes of at least 4 members (excludes halogenated alkanes) is 1. The first-order valence-corrected chi connectivity index (χ1v) is 6.49. The van der Waals surface area contributed by atoms with E-state index in [4.69, 9.17) is 0 Å². The van der Waals surface area contributed by atoms with Crippen LogP contribution in [0, 0.1) is 11.8 Å². The average molecular weight is 197 g/mol. The fourth-order valence-electron chi connectivity index (χ4n) is 2.39. The average Bonchev–Trinajstić information content (AvgIpc) is 3.02. The molecule has 1 nitrogen and oxygen atoms in total. The topological polar surface area (TPSA) is 12.0 Å². The van der Waals surface area contributed by atoms with Gasteiger partial charge < -0.3 is 5.32 Å². The second kappa shape index (κ2) is 6.44. The van der Waals surface area contributed by atoms with Crippen LogP contribution in [0.1, 0.15) is 58.8 Å². The summed E-state index contributed by atoms with van der Waals surface area (Å²) in [7, 11) is 2.13. The van der Waals surface area contributed by atoms with Crippen LogP contribution >= 0.6 is 0 Å². The van der Waals surface area contributed by atoms with Crippen molar-refractivity contribution >= 4 is 0 Å². The zero-order valence-electron chi connectivity index (χ0n) is 10.2. The third-order valence-corrected chi connectivity index (χ3v) is 3.69. The van der Waals surface area contributed by atoms with E-state index >= 15 is 0 Å². The minimum atomic E-state index is 0.816. The summed E-state index contributed by atoms with van der Waals surface area (Å²) < 4.78 is 0. The van der Waals surface area contributed by atoms with E-state index in [1.165, 1.54) is 44.9 Å². The Bertz CT molecular complexity index is 140. The molecule has 0 spiro atoms. The summed E-state index contributed by atoms with van der Waals surface area (Å²) in [5.41, 5.74) is 0. The third kappa shape index (κ3) is 4.00. The number of hydrogen-bond donors (Lipinski definition) is 1. The molecular formula is C13H27N. The fraction of sp³-hybridized carbons (Fsp3) is 1.00. The first-order chi connectivity index (χ1) is 6.81. The van der Waals surface area contributed by atoms with E-state index in [1.54, 1.807) is 0 Å². The molecule has 1 aliphatic rings. The predicted molar refractivity (Wildman–Crippen MR) is 63.5 cm³/mol. The third-order valence-electron chi connectivity index (χ3n) is 3.69. The van der Waals surface area contributed by atoms with Gasteiger partial charge in [0.2, 0.25) is 0 Å². The highest BCUT2D eigenvalue weighted by atomic mass is 14.9. The zero-order chi connectivity index (χ0) is 10.4. The second-order valence-corrected chi connectivity index (χ2v) is 4.88. The normalized spacial score (nSPS) is 20.8. The smallest absolute Gasteiger partial charge is 0.00949 e. The van der Waals surface area contributed by atoms with E-state index in [0.717, 1.165) is 17.9 Å². The van der Waals surface area contributed by atoms with Crippen molar-refractivity contribution in [2.24, 2.45) is 11.8 Å². The summed E-state index contributed by atoms with van der Waals surface area (Å²) in [6.45, 7) is 4.64. The van der Waals surface area contributed by atoms with Crippen molar-refractivity contribution in [3.63, 3.8) is 0 Å². The van der Waals surface area contributed by atoms with Crippen molar-refractivity contribution in [1.29, 1.82) is 0 Å². The van der Waals surface area contributed by atoms with E-state index in [0.29, 0.717) is 0 Å². The molecule has 1 N–H and O–H groups in total. The molecule has 0 aromatic rings. The van der Waals surface area contributed by atoms with Gasteiger partial charge in [0, 0.05) is 6.04 Å². The molecular weight excluding hydrogens is 170 g/mol. The first-order valence-electron chi connectivity index (χ1n) is 6.49. The van der Waals surface area contributed by atoms with E-state index in [-0.39, 0.29) is 0 Å². The van der Waals surface area contributed by atoms with Crippen LogP contribution in [0.25, 0.3) is 0 Å². The molecule has 0 aliphatic heterocycles. The highest BCUT2D eigenvalue weighted by Gasteiger charge is 2.31. The highest BCUT2D eigenvalue weighted by Crippen LogP contribution is 2.36. The molecule has 2 atom stereocenters. The van der Waals surface area contributed by atoms with Crippen molar-refractivity contribution in [2.75, 3.05) is 7.05 Å². The van der Waals surface area contributed by atoms with Crippen molar-refractivity contribution in [2.45, 2.75) is 64.8 Å². The molecule has 0 amide bonds. The maximum absolute atomic E-state index is 3.51. The van der Waals surface area contributed by atoms with Gasteiger partial charge in [-0.15, -0.1) is 0 Å². The van der Waals surface area contributed by atoms with E-state index in [9.17, 15) is 0 Å². The zero-order valence-corrected chi connectivity index (χ0v) is 10.2. The molecule has 1 heteroatoms. The molecule has 1 saturated carbocycles. The minimum Gasteiger partial charge on any atom is -0.317 e. The molecule has 84 valence electrons. The number of hydrogen-bond acceptors (Lipinski definition) is 1. The minimum absolute atomic E-state index is 0.816. The van der Waals surface area contributed by atoms with Gasteiger partial charge in [-0.25, -0.2) is 0 Å². The molecule has 2 unspecified atom stereocenters. The van der Waals surface area contributed by atoms with Gasteiger partial charge in [-0.2, -0.15) is 0 Å². The lowest BCUT2D eigenvalue weighted by atomic mass is 9.90. The molecule has 14 heavy (non-hydrogen) atoms. The monoisotopic (exact) mass is 197 g/mol. The molecule has 0 aromatic heterocycles. The van der Waals surface area contributed by atoms with Crippen molar-refractivity contribution in [1.82, 2.24) is 5.32 Å². The van der Waals surface area contributed by atoms with Gasteiger partial charge in [-0.3, -0.25) is 0 Å². The maximum atomic E-state index is 3.51. The maximum Gasteiger partial charge on any atom is 0.00949 e. The van der Waals surface area contributed by atoms with Gasteiger partial charge in [-0.05, 0) is 38.1 Å². The van der Waals surface area contributed by atoms with Crippen LogP contribution in [0.4, 0.5) is 0 Å². The van der Waals surface area contributed by atoms with Crippen LogP contribution in [0.2, 0.25) is 0 Å². The highest BCUT2D eigenvalue weighted by molar-refractivity contribution is 4.86. The standard InChI is InChI=1S/C13H27N/c1-4-6-7-11(5-2)10-13(14-3)12-8-9-12/h11-14H,4-10H2,1-3H3. The van der Waals surface area contributed by atoms with Gasteiger partial charge in [0.25, 0.3) is 0 Å². The van der Waals surface area contributed by atoms with Gasteiger partial charge >= 0.3 is 0 Å². The summed E-state index contributed by atoms with van der Waals surface area (Å²) >= 11 is 0. The summed E-state index contributed by atoms with van der Waals surface area (Å²) in [5, 5.41) is 3.51. The van der Waals surface area contributed by atoms with Gasteiger partial charge in [0.15, 0.2) is 0 Å². The van der Waals surface area contributed by atoms with E-state index in [2.05, 4.69) is 26.2 Å². The summed E-state index contributed by atoms with van der Waals surface area (Å²) in [6, 6.07) is 0.816. The quantitative estimate of drug-likeness (QED) is 0.627. The van der Waals surface area contributed by atoms with Crippen molar-refractivity contribution in [3.8, 4) is 0 Å². The molecule has 1 fully saturated rings. The predicted octanol–water partition coefficient (Wildman–Crippen LogP) is 3.59. The Hall–Kier alpha value is -0.0400. The van der Waals surface area contributed by atoms with Gasteiger partial charge in [0.1, 0.15) is 0 Å². The first kappa shape index (κ1) is 12.0. The van der Waals surface area contributed by atoms with Crippen LogP contribution in [0.5, 0.6) is 0 Å². The Morgan fingerprint density at radius 3 is 2.43 bits per heavy atom. The summed E-state index contributed by atoms with van der Waals surface area (Å²) in [5.74, 6) is 1.98. The van der Waals surface area contributed by atoms with Crippen molar-refractivity contribution < 1.29 is 0 Å². The summed E-state index contributed by atoms with van der Waals surface area (Å²) in [6.07, 6.45) is 9.93. The molecule has 0 aromatic carbocycles. The van der Waals surface area contributed by atoms with Crippen LogP contribution in [-0.2, 0) is 0 Å². The summed E-state index contributed by atoms with van der Waals surface area (Å²) in [4.78, 5) is 0. The number of rotatable bonds is 8. The Morgan fingerprint density at radius 1 is 1.29 bits per heavy atom. The Morgan fingerprint density at radius 2 is 2.00 bits per heavy atom. The molecule has 1 rings (SSSR count). The lowest BCUT2D eigenvalue weighted by Crippen LogP contribution is -2.29. The van der Waals surface area contributed by atoms with Crippen LogP contribution in [-0.4, -0.2) is 13.1 Å². The fourth-order valence-corrected chi connectivity index (χ4v) is 2.39. The molecule has 0 saturated heterocycles. The Balaban J connectivity index is 2.22. The molecule has 0 radical (unpaired) electrons. The molecule has 0 heterocycles. The van der Waals surface area contributed by atoms with Crippen LogP contribution in [0.3, 0.4) is 0 Å². The second-order valence-electron chi connectivity index (χ2n) is 4.88. The number of nitrogens with one attached hydrogen (secondary N) is 1. The van der Waals surface area contributed by atoms with Crippen molar-refractivity contribution in [3.05, 3.63) is 0 Å². The molecule has 1 aliphatic carbocycles. The Kier molecular flexibility index (Phi) is 5.54. The van der Waals surface area contributed by atoms with Crippen LogP contribution < -0.4 is 5.32 Å². The van der Waals surface area contributed by atoms with E-state index < -0.39 is 0 Å². The molecule has 0 bridgehead atoms. The van der Waals surface area contributed by atoms with Gasteiger partial charge in [-0.1, -0.05) is 39.5 Å². The van der Waals surface area contributed by atoms with E-state index in [1.807, 2.05) is 0 Å². The lowest BCUT2D eigenvalue weighted by Gasteiger charge is -2.22. The van der Waals surface area contributed by atoms with Gasteiger partial charge in [0.05, 0.1) is 0 Å². The SMILES string of the molecule is CCCCC(CC)CC(NC)C1CC1. The lowest BCUT2D eigenvalue weighted by molar-refractivity contribution is 0.339. The van der Waals surface area contributed by atoms with Crippen LogP contribution in [0.15, 0.2) is 0 Å². The largest absolute Gasteiger partial charge is 0.317 e. The Labute approximate surface area is 89.7 Å².